The number of aliphatic imine (C=N–C) groups is 1. The molecule has 0 spiro atoms. The summed E-state index contributed by atoms with van der Waals surface area (Å²) in [6.45, 7) is 8.91. The first-order chi connectivity index (χ1) is 18.3. The van der Waals surface area contributed by atoms with Crippen LogP contribution in [-0.2, 0) is 20.9 Å². The van der Waals surface area contributed by atoms with Gasteiger partial charge >= 0.3 is 6.09 Å². The summed E-state index contributed by atoms with van der Waals surface area (Å²) >= 11 is 5.98. The molecular weight excluding hydrogens is 529 g/mol. The number of benzene rings is 2. The number of carbonyl (C=O) groups excluding carboxylic acids is 3. The average molecular weight is 562 g/mol. The Balaban J connectivity index is 2.29. The van der Waals surface area contributed by atoms with Crippen LogP contribution >= 0.6 is 11.6 Å². The van der Waals surface area contributed by atoms with Crippen LogP contribution in [0.3, 0.4) is 0 Å². The van der Waals surface area contributed by atoms with Crippen LogP contribution in [-0.4, -0.2) is 47.9 Å². The number of ether oxygens (including phenoxy) is 2. The van der Waals surface area contributed by atoms with Crippen LogP contribution in [0.5, 0.6) is 5.75 Å². The number of aldehydes is 1. The predicted molar refractivity (Wildman–Crippen MR) is 148 cm³/mol. The van der Waals surface area contributed by atoms with Gasteiger partial charge in [0.1, 0.15) is 5.60 Å². The summed E-state index contributed by atoms with van der Waals surface area (Å²) in [5, 5.41) is 3.58. The Bertz CT molecular complexity index is 1230. The summed E-state index contributed by atoms with van der Waals surface area (Å²) in [5.41, 5.74) is 4.22. The van der Waals surface area contributed by atoms with Gasteiger partial charge in [-0.2, -0.15) is 0 Å². The molecule has 2 aromatic carbocycles. The van der Waals surface area contributed by atoms with Gasteiger partial charge in [0.25, 0.3) is 5.91 Å². The largest absolute Gasteiger partial charge is 0.488 e. The number of nitrogens with one attached hydrogen (secondary N) is 3. The Labute approximate surface area is 232 Å². The molecular formula is C27H33ClFN5O5. The fourth-order valence-corrected chi connectivity index (χ4v) is 3.10. The van der Waals surface area contributed by atoms with E-state index >= 15 is 0 Å². The molecule has 0 heterocycles. The molecule has 2 aromatic rings. The molecule has 0 radical (unpaired) electrons. The van der Waals surface area contributed by atoms with Crippen molar-refractivity contribution in [3.05, 3.63) is 70.6 Å². The third kappa shape index (κ3) is 11.0. The van der Waals surface area contributed by atoms with Gasteiger partial charge in [-0.25, -0.2) is 19.6 Å². The zero-order chi connectivity index (χ0) is 29.2. The molecule has 3 N–H and O–H groups in total. The second kappa shape index (κ2) is 14.1. The summed E-state index contributed by atoms with van der Waals surface area (Å²) in [6, 6.07) is 11.5. The first kappa shape index (κ1) is 31.1. The number of rotatable bonds is 8. The van der Waals surface area contributed by atoms with Crippen molar-refractivity contribution in [1.82, 2.24) is 15.8 Å². The standard InChI is InChI=1S/C27H33ClFN5O5/c1-17(2)38-23-12-11-21(13-22(23)29)31-25(34(6)15-18-7-9-20(28)10-8-18)30-14-19(16-35)24(36)32-33-26(37)39-27(3,4)5/h7-14,16-17H,15H2,1-6H3,(H,30,31)(H,32,36)(H,33,37)/b19-14+. The maximum atomic E-state index is 14.6. The van der Waals surface area contributed by atoms with Crippen molar-refractivity contribution in [2.24, 2.45) is 4.99 Å². The highest BCUT2D eigenvalue weighted by Crippen LogP contribution is 2.23. The Morgan fingerprint density at radius 2 is 1.79 bits per heavy atom. The van der Waals surface area contributed by atoms with Crippen molar-refractivity contribution in [2.75, 3.05) is 12.4 Å². The topological polar surface area (TPSA) is 121 Å². The van der Waals surface area contributed by atoms with Crippen LogP contribution in [0.1, 0.15) is 40.2 Å². The van der Waals surface area contributed by atoms with Crippen LogP contribution in [0.15, 0.2) is 59.2 Å². The number of hydrazine groups is 1. The second-order valence-corrected chi connectivity index (χ2v) is 10.1. The number of guanidine groups is 1. The normalized spacial score (nSPS) is 12.0. The fraction of sp³-hybridized carbons (Fsp3) is 0.333. The first-order valence-electron chi connectivity index (χ1n) is 12.0. The molecule has 0 unspecified atom stereocenters. The lowest BCUT2D eigenvalue weighted by molar-refractivity contribution is -0.120. The molecule has 0 bridgehead atoms. The second-order valence-electron chi connectivity index (χ2n) is 9.66. The number of carbonyl (C=O) groups is 3. The molecule has 0 aliphatic heterocycles. The monoisotopic (exact) mass is 561 g/mol. The van der Waals surface area contributed by atoms with Crippen molar-refractivity contribution in [3.8, 4) is 5.75 Å². The minimum Gasteiger partial charge on any atom is -0.488 e. The molecule has 12 heteroatoms. The van der Waals surface area contributed by atoms with Gasteiger partial charge in [0.2, 0.25) is 5.96 Å². The van der Waals surface area contributed by atoms with Gasteiger partial charge < -0.3 is 19.7 Å². The zero-order valence-corrected chi connectivity index (χ0v) is 23.4. The lowest BCUT2D eigenvalue weighted by Crippen LogP contribution is -2.45. The molecule has 0 aliphatic carbocycles. The number of nitrogens with zero attached hydrogens (tertiary/aromatic N) is 2. The fourth-order valence-electron chi connectivity index (χ4n) is 2.98. The molecule has 2 amide bonds. The quantitative estimate of drug-likeness (QED) is 0.0804. The smallest absolute Gasteiger partial charge is 0.426 e. The van der Waals surface area contributed by atoms with Gasteiger partial charge in [0.15, 0.2) is 17.9 Å². The number of halogens is 2. The van der Waals surface area contributed by atoms with Crippen molar-refractivity contribution in [2.45, 2.75) is 52.9 Å². The Morgan fingerprint density at radius 3 is 2.36 bits per heavy atom. The zero-order valence-electron chi connectivity index (χ0n) is 22.7. The molecule has 2 rings (SSSR count). The number of hydrogen-bond donors (Lipinski definition) is 3. The van der Waals surface area contributed by atoms with Crippen molar-refractivity contribution in [3.63, 3.8) is 0 Å². The van der Waals surface area contributed by atoms with E-state index in [9.17, 15) is 18.8 Å². The van der Waals surface area contributed by atoms with E-state index in [4.69, 9.17) is 21.1 Å². The van der Waals surface area contributed by atoms with Crippen LogP contribution in [0.4, 0.5) is 14.9 Å². The van der Waals surface area contributed by atoms with Gasteiger partial charge in [-0.3, -0.25) is 15.0 Å². The molecule has 39 heavy (non-hydrogen) atoms. The SMILES string of the molecule is CC(C)Oc1ccc(N/C(=N/C=C(\C=O)C(=O)NNC(=O)OC(C)(C)C)N(C)Cc2ccc(Cl)cc2)cc1F. The van der Waals surface area contributed by atoms with E-state index in [-0.39, 0.29) is 24.1 Å². The molecule has 0 fully saturated rings. The summed E-state index contributed by atoms with van der Waals surface area (Å²) in [7, 11) is 1.71. The highest BCUT2D eigenvalue weighted by molar-refractivity contribution is 6.30. The van der Waals surface area contributed by atoms with Crippen LogP contribution in [0.2, 0.25) is 5.02 Å². The maximum Gasteiger partial charge on any atom is 0.426 e. The third-order valence-corrected chi connectivity index (χ3v) is 4.89. The van der Waals surface area contributed by atoms with Gasteiger partial charge in [-0.05, 0) is 64.4 Å². The minimum absolute atomic E-state index is 0.0980. The molecule has 210 valence electrons. The third-order valence-electron chi connectivity index (χ3n) is 4.64. The average Bonchev–Trinajstić information content (AvgIpc) is 2.84. The van der Waals surface area contributed by atoms with Gasteiger partial charge in [0.05, 0.1) is 11.7 Å². The van der Waals surface area contributed by atoms with Crippen molar-refractivity contribution in [1.29, 1.82) is 0 Å². The summed E-state index contributed by atoms with van der Waals surface area (Å²) in [4.78, 5) is 41.8. The molecule has 0 aliphatic rings. The van der Waals surface area contributed by atoms with E-state index in [1.54, 1.807) is 64.8 Å². The molecule has 0 saturated carbocycles. The van der Waals surface area contributed by atoms with Crippen LogP contribution in [0, 0.1) is 5.82 Å². The highest BCUT2D eigenvalue weighted by atomic mass is 35.5. The van der Waals surface area contributed by atoms with E-state index in [1.807, 2.05) is 12.1 Å². The summed E-state index contributed by atoms with van der Waals surface area (Å²) < 4.78 is 25.1. The van der Waals surface area contributed by atoms with Gasteiger partial charge in [-0.15, -0.1) is 0 Å². The maximum absolute atomic E-state index is 14.6. The van der Waals surface area contributed by atoms with E-state index < -0.39 is 29.0 Å². The molecule has 0 saturated heterocycles. The van der Waals surface area contributed by atoms with Gasteiger partial charge in [-0.1, -0.05) is 23.7 Å². The van der Waals surface area contributed by atoms with E-state index in [1.165, 1.54) is 12.1 Å². The van der Waals surface area contributed by atoms with E-state index in [2.05, 4.69) is 21.2 Å². The lowest BCUT2D eigenvalue weighted by Gasteiger charge is -2.22. The number of anilines is 1. The summed E-state index contributed by atoms with van der Waals surface area (Å²) in [6.07, 6.45) is 0.196. The predicted octanol–water partition coefficient (Wildman–Crippen LogP) is 4.80. The first-order valence-corrected chi connectivity index (χ1v) is 12.4. The van der Waals surface area contributed by atoms with Crippen molar-refractivity contribution < 1.29 is 28.2 Å². The molecule has 0 aromatic heterocycles. The van der Waals surface area contributed by atoms with E-state index in [0.717, 1.165) is 11.8 Å². The number of hydrogen-bond acceptors (Lipinski definition) is 6. The Kier molecular flexibility index (Phi) is 11.3. The van der Waals surface area contributed by atoms with Crippen LogP contribution < -0.4 is 20.9 Å². The molecule has 0 atom stereocenters. The molecule has 10 nitrogen and oxygen atoms in total. The van der Waals surface area contributed by atoms with Gasteiger partial charge in [0, 0.05) is 36.6 Å². The summed E-state index contributed by atoms with van der Waals surface area (Å²) in [5.74, 6) is -1.21. The van der Waals surface area contributed by atoms with E-state index in [0.29, 0.717) is 17.3 Å². The minimum atomic E-state index is -0.916. The Hall–Kier alpha value is -4.12. The lowest BCUT2D eigenvalue weighted by atomic mass is 10.2. The van der Waals surface area contributed by atoms with Crippen LogP contribution in [0.25, 0.3) is 0 Å². The number of amides is 2. The Morgan fingerprint density at radius 1 is 1.13 bits per heavy atom. The van der Waals surface area contributed by atoms with Crippen molar-refractivity contribution >= 4 is 41.5 Å². The highest BCUT2D eigenvalue weighted by Gasteiger charge is 2.18.